The number of hydrogen-bond acceptors (Lipinski definition) is 6. The van der Waals surface area contributed by atoms with Crippen LogP contribution >= 0.6 is 0 Å². The number of piperidine rings is 1. The molecule has 2 saturated heterocycles. The summed E-state index contributed by atoms with van der Waals surface area (Å²) < 4.78 is 16.0. The number of hydrogen-bond donors (Lipinski definition) is 1. The molecule has 0 radical (unpaired) electrons. The highest BCUT2D eigenvalue weighted by Gasteiger charge is 2.36. The van der Waals surface area contributed by atoms with Crippen molar-refractivity contribution in [2.75, 3.05) is 45.3 Å². The molecule has 1 atom stereocenters. The SMILES string of the molecule is COc1ccc(C2(O)CCN(CCC3CN(c4cccc(OC)c4)C(=O)O3)CC2)cc1. The quantitative estimate of drug-likeness (QED) is 0.732. The van der Waals surface area contributed by atoms with Crippen molar-refractivity contribution in [2.45, 2.75) is 31.0 Å². The van der Waals surface area contributed by atoms with Crippen molar-refractivity contribution in [1.82, 2.24) is 4.90 Å². The third kappa shape index (κ3) is 4.78. The number of nitrogens with zero attached hydrogens (tertiary/aromatic N) is 2. The Kier molecular flexibility index (Phi) is 6.34. The van der Waals surface area contributed by atoms with E-state index in [9.17, 15) is 9.90 Å². The molecule has 2 heterocycles. The number of benzene rings is 2. The van der Waals surface area contributed by atoms with Crippen LogP contribution in [0.1, 0.15) is 24.8 Å². The molecule has 2 aliphatic heterocycles. The maximum Gasteiger partial charge on any atom is 0.414 e. The fraction of sp³-hybridized carbons (Fsp3) is 0.458. The van der Waals surface area contributed by atoms with E-state index in [0.29, 0.717) is 25.1 Å². The molecule has 0 spiro atoms. The molecule has 2 aromatic carbocycles. The van der Waals surface area contributed by atoms with E-state index in [0.717, 1.165) is 43.1 Å². The van der Waals surface area contributed by atoms with Gasteiger partial charge in [-0.1, -0.05) is 18.2 Å². The lowest BCUT2D eigenvalue weighted by Gasteiger charge is -2.38. The minimum atomic E-state index is -0.800. The zero-order valence-corrected chi connectivity index (χ0v) is 18.1. The van der Waals surface area contributed by atoms with Crippen molar-refractivity contribution in [3.8, 4) is 11.5 Å². The Balaban J connectivity index is 1.27. The summed E-state index contributed by atoms with van der Waals surface area (Å²) >= 11 is 0. The van der Waals surface area contributed by atoms with Gasteiger partial charge in [-0.3, -0.25) is 4.90 Å². The molecule has 31 heavy (non-hydrogen) atoms. The van der Waals surface area contributed by atoms with Gasteiger partial charge in [-0.05, 0) is 49.1 Å². The van der Waals surface area contributed by atoms with E-state index in [2.05, 4.69) is 4.90 Å². The number of amides is 1. The highest BCUT2D eigenvalue weighted by atomic mass is 16.6. The molecule has 2 fully saturated rings. The van der Waals surface area contributed by atoms with Crippen LogP contribution in [0.5, 0.6) is 11.5 Å². The monoisotopic (exact) mass is 426 g/mol. The number of likely N-dealkylation sites (tertiary alicyclic amines) is 1. The predicted octanol–water partition coefficient (Wildman–Crippen LogP) is 3.40. The zero-order valence-electron chi connectivity index (χ0n) is 18.1. The van der Waals surface area contributed by atoms with Gasteiger partial charge in [0.15, 0.2) is 0 Å². The second-order valence-electron chi connectivity index (χ2n) is 8.21. The second kappa shape index (κ2) is 9.16. The first-order valence-corrected chi connectivity index (χ1v) is 10.7. The lowest BCUT2D eigenvalue weighted by Crippen LogP contribution is -2.43. The summed E-state index contributed by atoms with van der Waals surface area (Å²) in [4.78, 5) is 16.3. The molecule has 166 valence electrons. The predicted molar refractivity (Wildman–Crippen MR) is 118 cm³/mol. The number of anilines is 1. The van der Waals surface area contributed by atoms with Crippen molar-refractivity contribution in [3.05, 3.63) is 54.1 Å². The molecule has 0 aliphatic carbocycles. The minimum Gasteiger partial charge on any atom is -0.497 e. The van der Waals surface area contributed by atoms with Gasteiger partial charge in [0, 0.05) is 25.7 Å². The summed E-state index contributed by atoms with van der Waals surface area (Å²) in [5.41, 5.74) is 0.923. The number of ether oxygens (including phenoxy) is 3. The number of cyclic esters (lactones) is 1. The molecule has 1 N–H and O–H groups in total. The Morgan fingerprint density at radius 2 is 1.77 bits per heavy atom. The van der Waals surface area contributed by atoms with Crippen molar-refractivity contribution in [2.24, 2.45) is 0 Å². The fourth-order valence-corrected chi connectivity index (χ4v) is 4.32. The number of carbonyl (C=O) groups excluding carboxylic acids is 1. The van der Waals surface area contributed by atoms with Crippen LogP contribution in [0.15, 0.2) is 48.5 Å². The van der Waals surface area contributed by atoms with Crippen molar-refractivity contribution < 1.29 is 24.1 Å². The number of aliphatic hydroxyl groups is 1. The van der Waals surface area contributed by atoms with Crippen LogP contribution in [0.2, 0.25) is 0 Å². The van der Waals surface area contributed by atoms with Crippen LogP contribution in [-0.4, -0.2) is 62.6 Å². The lowest BCUT2D eigenvalue weighted by atomic mass is 9.84. The molecule has 4 rings (SSSR count). The van der Waals surface area contributed by atoms with Gasteiger partial charge in [0.25, 0.3) is 0 Å². The van der Waals surface area contributed by atoms with Gasteiger partial charge in [-0.15, -0.1) is 0 Å². The largest absolute Gasteiger partial charge is 0.497 e. The van der Waals surface area contributed by atoms with Crippen LogP contribution < -0.4 is 14.4 Å². The molecule has 0 bridgehead atoms. The lowest BCUT2D eigenvalue weighted by molar-refractivity contribution is -0.0275. The summed E-state index contributed by atoms with van der Waals surface area (Å²) in [6, 6.07) is 15.1. The van der Waals surface area contributed by atoms with E-state index in [-0.39, 0.29) is 12.2 Å². The first-order valence-electron chi connectivity index (χ1n) is 10.7. The second-order valence-corrected chi connectivity index (χ2v) is 8.21. The van der Waals surface area contributed by atoms with E-state index in [1.54, 1.807) is 19.1 Å². The average molecular weight is 427 g/mol. The summed E-state index contributed by atoms with van der Waals surface area (Å²) in [6.45, 7) is 2.99. The molecule has 1 amide bonds. The van der Waals surface area contributed by atoms with E-state index in [1.807, 2.05) is 48.5 Å². The van der Waals surface area contributed by atoms with Gasteiger partial charge in [0.1, 0.15) is 17.6 Å². The third-order valence-corrected chi connectivity index (χ3v) is 6.32. The molecule has 1 unspecified atom stereocenters. The average Bonchev–Trinajstić information content (AvgIpc) is 3.19. The van der Waals surface area contributed by atoms with Gasteiger partial charge in [-0.25, -0.2) is 4.79 Å². The van der Waals surface area contributed by atoms with Crippen molar-refractivity contribution in [3.63, 3.8) is 0 Å². The number of carbonyl (C=O) groups is 1. The van der Waals surface area contributed by atoms with Gasteiger partial charge >= 0.3 is 6.09 Å². The summed E-state index contributed by atoms with van der Waals surface area (Å²) in [7, 11) is 3.25. The standard InChI is InChI=1S/C24H30N2O5/c1-29-20-8-6-18(7-9-20)24(28)11-14-25(15-12-24)13-10-22-17-26(23(27)31-22)19-4-3-5-21(16-19)30-2/h3-9,16,22,28H,10-15,17H2,1-2H3. The van der Waals surface area contributed by atoms with Gasteiger partial charge < -0.3 is 24.2 Å². The maximum atomic E-state index is 12.3. The minimum absolute atomic E-state index is 0.138. The van der Waals surface area contributed by atoms with E-state index in [4.69, 9.17) is 14.2 Å². The van der Waals surface area contributed by atoms with Crippen LogP contribution in [0.4, 0.5) is 10.5 Å². The van der Waals surface area contributed by atoms with E-state index >= 15 is 0 Å². The zero-order chi connectivity index (χ0) is 21.8. The van der Waals surface area contributed by atoms with Crippen molar-refractivity contribution in [1.29, 1.82) is 0 Å². The number of rotatable bonds is 7. The van der Waals surface area contributed by atoms with E-state index < -0.39 is 5.60 Å². The van der Waals surface area contributed by atoms with Crippen LogP contribution in [-0.2, 0) is 10.3 Å². The van der Waals surface area contributed by atoms with Crippen molar-refractivity contribution >= 4 is 11.8 Å². The molecule has 2 aliphatic rings. The Morgan fingerprint density at radius 1 is 1.06 bits per heavy atom. The third-order valence-electron chi connectivity index (χ3n) is 6.32. The topological polar surface area (TPSA) is 71.5 Å². The Bertz CT molecular complexity index is 893. The van der Waals surface area contributed by atoms with Crippen LogP contribution in [0.3, 0.4) is 0 Å². The first kappa shape index (κ1) is 21.5. The summed E-state index contributed by atoms with van der Waals surface area (Å²) in [5.74, 6) is 1.50. The molecule has 0 aromatic heterocycles. The van der Waals surface area contributed by atoms with Crippen LogP contribution in [0.25, 0.3) is 0 Å². The Hall–Kier alpha value is -2.77. The summed E-state index contributed by atoms with van der Waals surface area (Å²) in [5, 5.41) is 11.1. The van der Waals surface area contributed by atoms with Crippen LogP contribution in [0, 0.1) is 0 Å². The Labute approximate surface area is 183 Å². The molecular formula is C24H30N2O5. The molecule has 2 aromatic rings. The molecule has 0 saturated carbocycles. The smallest absolute Gasteiger partial charge is 0.414 e. The van der Waals surface area contributed by atoms with E-state index in [1.165, 1.54) is 0 Å². The fourth-order valence-electron chi connectivity index (χ4n) is 4.32. The molecule has 7 nitrogen and oxygen atoms in total. The molecule has 7 heteroatoms. The normalized spacial score (nSPS) is 21.1. The highest BCUT2D eigenvalue weighted by Crippen LogP contribution is 2.34. The highest BCUT2D eigenvalue weighted by molar-refractivity contribution is 5.89. The first-order chi connectivity index (χ1) is 15.0. The maximum absolute atomic E-state index is 12.3. The summed E-state index contributed by atoms with van der Waals surface area (Å²) in [6.07, 6.45) is 1.68. The van der Waals surface area contributed by atoms with Gasteiger partial charge in [-0.2, -0.15) is 0 Å². The number of methoxy groups -OCH3 is 2. The van der Waals surface area contributed by atoms with Gasteiger partial charge in [0.05, 0.1) is 32.1 Å². The van der Waals surface area contributed by atoms with Gasteiger partial charge in [0.2, 0.25) is 0 Å². The molecular weight excluding hydrogens is 396 g/mol. The Morgan fingerprint density at radius 3 is 2.45 bits per heavy atom.